The zero-order valence-electron chi connectivity index (χ0n) is 9.42. The van der Waals surface area contributed by atoms with Crippen LogP contribution in [0.5, 0.6) is 0 Å². The molecule has 0 bridgehead atoms. The van der Waals surface area contributed by atoms with Crippen molar-refractivity contribution >= 4 is 0 Å². The molecule has 1 heterocycles. The molecule has 1 aliphatic carbocycles. The maximum absolute atomic E-state index is 8.17. The molecule has 2 rings (SSSR count). The molecule has 2 heteroatoms. The molecular weight excluding hydrogens is 162 g/mol. The molecule has 1 saturated carbocycles. The highest BCUT2D eigenvalue weighted by Crippen LogP contribution is 2.16. The van der Waals surface area contributed by atoms with Crippen LogP contribution in [0.3, 0.4) is 0 Å². The third-order valence-electron chi connectivity index (χ3n) is 2.13. The predicted molar refractivity (Wildman–Crippen MR) is 57.9 cm³/mol. The zero-order chi connectivity index (χ0) is 10.1. The molecule has 0 aromatic rings. The smallest absolute Gasteiger partial charge is 0.0542 e. The van der Waals surface area contributed by atoms with Crippen LogP contribution in [0.25, 0.3) is 0 Å². The molecule has 0 atom stereocenters. The largest absolute Gasteiger partial charge is 0.393 e. The Morgan fingerprint density at radius 2 is 1.38 bits per heavy atom. The van der Waals surface area contributed by atoms with Crippen molar-refractivity contribution < 1.29 is 5.11 Å². The van der Waals surface area contributed by atoms with Gasteiger partial charge in [0.25, 0.3) is 0 Å². The van der Waals surface area contributed by atoms with Gasteiger partial charge in [0, 0.05) is 0 Å². The van der Waals surface area contributed by atoms with Gasteiger partial charge in [-0.1, -0.05) is 20.3 Å². The normalized spacial score (nSPS) is 22.2. The van der Waals surface area contributed by atoms with Crippen molar-refractivity contribution in [2.75, 3.05) is 20.1 Å². The van der Waals surface area contributed by atoms with E-state index in [1.807, 2.05) is 13.8 Å². The molecule has 0 aromatic carbocycles. The Kier molecular flexibility index (Phi) is 8.46. The van der Waals surface area contributed by atoms with Gasteiger partial charge in [-0.05, 0) is 45.8 Å². The molecule has 1 N–H and O–H groups in total. The van der Waals surface area contributed by atoms with Gasteiger partial charge in [-0.2, -0.15) is 0 Å². The molecular formula is C11H25NO. The van der Waals surface area contributed by atoms with E-state index in [0.29, 0.717) is 0 Å². The van der Waals surface area contributed by atoms with E-state index in [1.54, 1.807) is 0 Å². The maximum atomic E-state index is 8.17. The number of piperidine rings is 1. The summed E-state index contributed by atoms with van der Waals surface area (Å²) in [7, 11) is 2.19. The number of likely N-dealkylation sites (tertiary alicyclic amines) is 1. The molecule has 0 unspecified atom stereocenters. The van der Waals surface area contributed by atoms with Crippen LogP contribution in [0.1, 0.15) is 46.0 Å². The fourth-order valence-electron chi connectivity index (χ4n) is 1.13. The van der Waals surface area contributed by atoms with Crippen molar-refractivity contribution in [2.45, 2.75) is 52.1 Å². The van der Waals surface area contributed by atoms with E-state index in [4.69, 9.17) is 5.11 Å². The molecule has 2 nitrogen and oxygen atoms in total. The lowest BCUT2D eigenvalue weighted by Crippen LogP contribution is -2.24. The molecule has 2 fully saturated rings. The average molecular weight is 187 g/mol. The van der Waals surface area contributed by atoms with Crippen molar-refractivity contribution in [1.82, 2.24) is 4.90 Å². The quantitative estimate of drug-likeness (QED) is 0.629. The Hall–Kier alpha value is -0.0800. The number of aliphatic hydroxyl groups is 1. The Labute approximate surface area is 82.9 Å². The SMILES string of the molecule is CC.CN1CCCCC1.OC1CC1. The number of rotatable bonds is 0. The second kappa shape index (κ2) is 8.52. The highest BCUT2D eigenvalue weighted by Gasteiger charge is 2.15. The summed E-state index contributed by atoms with van der Waals surface area (Å²) in [4.78, 5) is 2.39. The summed E-state index contributed by atoms with van der Waals surface area (Å²) in [6.45, 7) is 6.64. The first-order valence-corrected chi connectivity index (χ1v) is 5.65. The van der Waals surface area contributed by atoms with Crippen molar-refractivity contribution in [3.05, 3.63) is 0 Å². The Morgan fingerprint density at radius 1 is 1.00 bits per heavy atom. The number of hydrogen-bond donors (Lipinski definition) is 1. The lowest BCUT2D eigenvalue weighted by Gasteiger charge is -2.20. The predicted octanol–water partition coefficient (Wildman–Crippen LogP) is 2.27. The summed E-state index contributed by atoms with van der Waals surface area (Å²) in [6.07, 6.45) is 6.44. The van der Waals surface area contributed by atoms with Crippen LogP contribution in [-0.2, 0) is 0 Å². The molecule has 0 aromatic heterocycles. The average Bonchev–Trinajstić information content (AvgIpc) is 2.94. The minimum absolute atomic E-state index is 0.0833. The van der Waals surface area contributed by atoms with Gasteiger partial charge in [0.15, 0.2) is 0 Å². The second-order valence-corrected chi connectivity index (χ2v) is 3.60. The van der Waals surface area contributed by atoms with Gasteiger partial charge in [0.05, 0.1) is 6.10 Å². The summed E-state index contributed by atoms with van der Waals surface area (Å²) in [5.74, 6) is 0. The van der Waals surface area contributed by atoms with Crippen molar-refractivity contribution in [2.24, 2.45) is 0 Å². The van der Waals surface area contributed by atoms with Gasteiger partial charge in [-0.3, -0.25) is 0 Å². The minimum atomic E-state index is 0.0833. The summed E-state index contributed by atoms with van der Waals surface area (Å²) in [6, 6.07) is 0. The van der Waals surface area contributed by atoms with Gasteiger partial charge in [-0.15, -0.1) is 0 Å². The van der Waals surface area contributed by atoms with E-state index in [0.717, 1.165) is 12.8 Å². The third kappa shape index (κ3) is 9.84. The van der Waals surface area contributed by atoms with Crippen molar-refractivity contribution in [1.29, 1.82) is 0 Å². The maximum Gasteiger partial charge on any atom is 0.0542 e. The van der Waals surface area contributed by atoms with Crippen LogP contribution in [0, 0.1) is 0 Å². The Morgan fingerprint density at radius 3 is 1.54 bits per heavy atom. The van der Waals surface area contributed by atoms with Crippen LogP contribution in [0.15, 0.2) is 0 Å². The molecule has 2 aliphatic rings. The first-order valence-electron chi connectivity index (χ1n) is 5.65. The van der Waals surface area contributed by atoms with Crippen LogP contribution in [-0.4, -0.2) is 36.2 Å². The van der Waals surface area contributed by atoms with E-state index in [2.05, 4.69) is 11.9 Å². The first-order chi connectivity index (χ1) is 6.29. The molecule has 0 amide bonds. The van der Waals surface area contributed by atoms with E-state index in [-0.39, 0.29) is 6.10 Å². The fraction of sp³-hybridized carbons (Fsp3) is 1.00. The number of nitrogens with zero attached hydrogens (tertiary/aromatic N) is 1. The van der Waals surface area contributed by atoms with Gasteiger partial charge >= 0.3 is 0 Å². The van der Waals surface area contributed by atoms with Crippen LogP contribution < -0.4 is 0 Å². The van der Waals surface area contributed by atoms with E-state index < -0.39 is 0 Å². The van der Waals surface area contributed by atoms with Crippen molar-refractivity contribution in [3.8, 4) is 0 Å². The minimum Gasteiger partial charge on any atom is -0.393 e. The van der Waals surface area contributed by atoms with Gasteiger partial charge in [0.2, 0.25) is 0 Å². The molecule has 13 heavy (non-hydrogen) atoms. The number of aliphatic hydroxyl groups excluding tert-OH is 1. The molecule has 1 saturated heterocycles. The summed E-state index contributed by atoms with van der Waals surface area (Å²) in [5, 5.41) is 8.17. The number of hydrogen-bond acceptors (Lipinski definition) is 2. The second-order valence-electron chi connectivity index (χ2n) is 3.60. The van der Waals surface area contributed by atoms with E-state index >= 15 is 0 Å². The highest BCUT2D eigenvalue weighted by atomic mass is 16.3. The summed E-state index contributed by atoms with van der Waals surface area (Å²) in [5.41, 5.74) is 0. The van der Waals surface area contributed by atoms with Gasteiger partial charge in [0.1, 0.15) is 0 Å². The molecule has 1 aliphatic heterocycles. The Balaban J connectivity index is 0.000000204. The topological polar surface area (TPSA) is 23.5 Å². The fourth-order valence-corrected chi connectivity index (χ4v) is 1.13. The zero-order valence-corrected chi connectivity index (χ0v) is 9.42. The van der Waals surface area contributed by atoms with Crippen LogP contribution in [0.2, 0.25) is 0 Å². The van der Waals surface area contributed by atoms with E-state index in [9.17, 15) is 0 Å². The monoisotopic (exact) mass is 187 g/mol. The summed E-state index contributed by atoms with van der Waals surface area (Å²) < 4.78 is 0. The Bertz CT molecular complexity index is 96.3. The summed E-state index contributed by atoms with van der Waals surface area (Å²) >= 11 is 0. The molecule has 80 valence electrons. The van der Waals surface area contributed by atoms with Gasteiger partial charge < -0.3 is 10.0 Å². The molecule has 0 spiro atoms. The van der Waals surface area contributed by atoms with Gasteiger partial charge in [-0.25, -0.2) is 0 Å². The standard InChI is InChI=1S/C6H13N.C3H6O.C2H6/c1-7-5-3-2-4-6-7;4-3-1-2-3;1-2/h2-6H2,1H3;3-4H,1-2H2;1-2H3. The first kappa shape index (κ1) is 12.9. The van der Waals surface area contributed by atoms with Crippen molar-refractivity contribution in [3.63, 3.8) is 0 Å². The van der Waals surface area contributed by atoms with Crippen LogP contribution in [0.4, 0.5) is 0 Å². The lowest BCUT2D eigenvalue weighted by molar-refractivity contribution is 0.277. The highest BCUT2D eigenvalue weighted by molar-refractivity contribution is 4.68. The molecule has 0 radical (unpaired) electrons. The van der Waals surface area contributed by atoms with Crippen LogP contribution >= 0.6 is 0 Å². The lowest BCUT2D eigenvalue weighted by atomic mass is 10.1. The third-order valence-corrected chi connectivity index (χ3v) is 2.13. The van der Waals surface area contributed by atoms with E-state index in [1.165, 1.54) is 32.4 Å².